The van der Waals surface area contributed by atoms with Gasteiger partial charge in [0.15, 0.2) is 11.6 Å². The Balaban J connectivity index is 1.40. The minimum atomic E-state index is -1.04. The summed E-state index contributed by atoms with van der Waals surface area (Å²) >= 11 is 1.28. The van der Waals surface area contributed by atoms with E-state index >= 15 is 0 Å². The normalized spacial score (nSPS) is 12.2. The predicted octanol–water partition coefficient (Wildman–Crippen LogP) is 5.17. The van der Waals surface area contributed by atoms with Gasteiger partial charge in [0.05, 0.1) is 18.3 Å². The molecule has 0 radical (unpaired) electrons. The highest BCUT2D eigenvalue weighted by Gasteiger charge is 2.24. The molecule has 1 aromatic carbocycles. The number of rotatable bonds is 8. The number of hydrogen-bond acceptors (Lipinski definition) is 7. The van der Waals surface area contributed by atoms with Crippen molar-refractivity contribution in [1.29, 1.82) is 0 Å². The number of pyridine rings is 2. The van der Waals surface area contributed by atoms with E-state index in [4.69, 9.17) is 9.72 Å². The van der Waals surface area contributed by atoms with E-state index in [1.165, 1.54) is 40.3 Å². The fraction of sp³-hybridized carbons (Fsp3) is 0.233. The quantitative estimate of drug-likeness (QED) is 0.223. The number of hydrogen-bond donors (Lipinski definition) is 3. The van der Waals surface area contributed by atoms with Gasteiger partial charge >= 0.3 is 6.09 Å². The standard InChI is InChI=1S/C30H28F2N6O4S/c1-30(2,3)42-29(41)35-14-23(27-37-24(16-43-27)20-13-34-25-18(20)6-4-10-33-25)36-26(39)19-7-5-11-38(28(19)40)15-17-8-9-21(31)22(32)12-17/h4-13,16,23H,14-15H2,1-3H3,(H,33,34)(H,35,41)(H,36,39)/t23-/m1/s1. The summed E-state index contributed by atoms with van der Waals surface area (Å²) in [5.74, 6) is -2.73. The lowest BCUT2D eigenvalue weighted by molar-refractivity contribution is 0.0519. The zero-order chi connectivity index (χ0) is 30.7. The molecule has 3 N–H and O–H groups in total. The number of ether oxygens (including phenoxy) is 1. The minimum absolute atomic E-state index is 0.0705. The van der Waals surface area contributed by atoms with Crippen LogP contribution in [0, 0.1) is 11.6 Å². The van der Waals surface area contributed by atoms with Gasteiger partial charge in [-0.2, -0.15) is 0 Å². The number of carbonyl (C=O) groups is 2. The molecule has 13 heteroatoms. The molecule has 0 aliphatic rings. The molecule has 0 aliphatic heterocycles. The highest BCUT2D eigenvalue weighted by molar-refractivity contribution is 7.10. The Labute approximate surface area is 248 Å². The van der Waals surface area contributed by atoms with Gasteiger partial charge in [-0.15, -0.1) is 11.3 Å². The first-order valence-electron chi connectivity index (χ1n) is 13.3. The molecule has 0 fully saturated rings. The van der Waals surface area contributed by atoms with Crippen molar-refractivity contribution in [2.75, 3.05) is 6.54 Å². The van der Waals surface area contributed by atoms with E-state index in [1.54, 1.807) is 33.2 Å². The molecule has 43 heavy (non-hydrogen) atoms. The SMILES string of the molecule is CC(C)(C)OC(=O)NC[C@@H](NC(=O)c1cccn(Cc2ccc(F)c(F)c2)c1=O)c1nc(-c2c[nH]c3ncccc23)cs1. The van der Waals surface area contributed by atoms with E-state index in [-0.39, 0.29) is 18.7 Å². The summed E-state index contributed by atoms with van der Waals surface area (Å²) in [6.45, 7) is 5.05. The highest BCUT2D eigenvalue weighted by atomic mass is 32.1. The van der Waals surface area contributed by atoms with E-state index in [1.807, 2.05) is 17.5 Å². The summed E-state index contributed by atoms with van der Waals surface area (Å²) in [5, 5.41) is 8.65. The second kappa shape index (κ2) is 12.1. The summed E-state index contributed by atoms with van der Waals surface area (Å²) in [7, 11) is 0. The van der Waals surface area contributed by atoms with Crippen molar-refractivity contribution < 1.29 is 23.1 Å². The van der Waals surface area contributed by atoms with Crippen LogP contribution in [-0.2, 0) is 11.3 Å². The van der Waals surface area contributed by atoms with Crippen LogP contribution in [0.3, 0.4) is 0 Å². The molecule has 4 heterocycles. The molecule has 0 aliphatic carbocycles. The number of aromatic amines is 1. The largest absolute Gasteiger partial charge is 0.444 e. The van der Waals surface area contributed by atoms with Crippen molar-refractivity contribution in [3.63, 3.8) is 0 Å². The van der Waals surface area contributed by atoms with Gasteiger partial charge in [0.25, 0.3) is 11.5 Å². The Hall–Kier alpha value is -4.91. The van der Waals surface area contributed by atoms with Gasteiger partial charge < -0.3 is 24.9 Å². The summed E-state index contributed by atoms with van der Waals surface area (Å²) in [6.07, 6.45) is 4.24. The topological polar surface area (TPSA) is 131 Å². The fourth-order valence-corrected chi connectivity index (χ4v) is 5.21. The lowest BCUT2D eigenvalue weighted by Gasteiger charge is -2.22. The van der Waals surface area contributed by atoms with Gasteiger partial charge in [-0.05, 0) is 62.7 Å². The summed E-state index contributed by atoms with van der Waals surface area (Å²) in [5.41, 5.74) is 0.973. The first kappa shape index (κ1) is 29.6. The van der Waals surface area contributed by atoms with Crippen LogP contribution in [-0.4, -0.2) is 43.7 Å². The van der Waals surface area contributed by atoms with Crippen LogP contribution in [0.4, 0.5) is 13.6 Å². The maximum atomic E-state index is 13.7. The Bertz CT molecular complexity index is 1860. The number of alkyl carbamates (subject to hydrolysis) is 1. The number of carbonyl (C=O) groups excluding carboxylic acids is 2. The van der Waals surface area contributed by atoms with Crippen molar-refractivity contribution >= 4 is 34.4 Å². The lowest BCUT2D eigenvalue weighted by Crippen LogP contribution is -2.41. The van der Waals surface area contributed by atoms with Gasteiger partial charge in [-0.3, -0.25) is 9.59 Å². The van der Waals surface area contributed by atoms with Crippen LogP contribution >= 0.6 is 11.3 Å². The predicted molar refractivity (Wildman–Crippen MR) is 158 cm³/mol. The van der Waals surface area contributed by atoms with Gasteiger partial charge in [0, 0.05) is 41.5 Å². The van der Waals surface area contributed by atoms with Crippen molar-refractivity contribution in [3.05, 3.63) is 105 Å². The number of nitrogens with zero attached hydrogens (tertiary/aromatic N) is 3. The zero-order valence-corrected chi connectivity index (χ0v) is 24.3. The Kier molecular flexibility index (Phi) is 8.35. The maximum absolute atomic E-state index is 13.7. The van der Waals surface area contributed by atoms with E-state index in [9.17, 15) is 23.2 Å². The number of halogens is 2. The molecule has 2 amide bonds. The second-order valence-corrected chi connectivity index (χ2v) is 11.6. The number of fused-ring (bicyclic) bond motifs is 1. The highest BCUT2D eigenvalue weighted by Crippen LogP contribution is 2.30. The van der Waals surface area contributed by atoms with Crippen LogP contribution in [0.2, 0.25) is 0 Å². The smallest absolute Gasteiger partial charge is 0.407 e. The van der Waals surface area contributed by atoms with Gasteiger partial charge in [-0.25, -0.2) is 23.5 Å². The van der Waals surface area contributed by atoms with Crippen LogP contribution in [0.1, 0.15) is 47.7 Å². The molecular weight excluding hydrogens is 578 g/mol. The Morgan fingerprint density at radius 1 is 1.14 bits per heavy atom. The van der Waals surface area contributed by atoms with E-state index < -0.39 is 40.8 Å². The van der Waals surface area contributed by atoms with Crippen molar-refractivity contribution in [2.45, 2.75) is 39.0 Å². The van der Waals surface area contributed by atoms with Gasteiger partial charge in [0.2, 0.25) is 0 Å². The molecule has 1 atom stereocenters. The third kappa shape index (κ3) is 6.95. The molecule has 0 spiro atoms. The van der Waals surface area contributed by atoms with Crippen LogP contribution in [0.15, 0.2) is 71.2 Å². The third-order valence-electron chi connectivity index (χ3n) is 6.30. The van der Waals surface area contributed by atoms with Crippen molar-refractivity contribution in [1.82, 2.24) is 30.2 Å². The fourth-order valence-electron chi connectivity index (χ4n) is 4.34. The molecule has 222 valence electrons. The summed E-state index contributed by atoms with van der Waals surface area (Å²) in [6, 6.07) is 9.12. The van der Waals surface area contributed by atoms with Crippen LogP contribution in [0.5, 0.6) is 0 Å². The maximum Gasteiger partial charge on any atom is 0.407 e. The molecule has 0 unspecified atom stereocenters. The number of benzene rings is 1. The number of H-pyrrole nitrogens is 1. The zero-order valence-electron chi connectivity index (χ0n) is 23.5. The minimum Gasteiger partial charge on any atom is -0.444 e. The van der Waals surface area contributed by atoms with Crippen molar-refractivity contribution in [2.24, 2.45) is 0 Å². The number of aromatic nitrogens is 4. The van der Waals surface area contributed by atoms with Crippen LogP contribution < -0.4 is 16.2 Å². The van der Waals surface area contributed by atoms with E-state index in [0.717, 1.165) is 23.1 Å². The molecule has 10 nitrogen and oxygen atoms in total. The first-order valence-corrected chi connectivity index (χ1v) is 14.2. The van der Waals surface area contributed by atoms with Crippen molar-refractivity contribution in [3.8, 4) is 11.3 Å². The molecule has 4 aromatic heterocycles. The Morgan fingerprint density at radius 2 is 1.95 bits per heavy atom. The van der Waals surface area contributed by atoms with Crippen LogP contribution in [0.25, 0.3) is 22.3 Å². The number of thiazole rings is 1. The molecule has 0 saturated carbocycles. The molecule has 5 rings (SSSR count). The lowest BCUT2D eigenvalue weighted by atomic mass is 10.2. The molecular formula is C30H28F2N6O4S. The monoisotopic (exact) mass is 606 g/mol. The second-order valence-electron chi connectivity index (χ2n) is 10.7. The molecule has 0 saturated heterocycles. The molecule has 0 bridgehead atoms. The average molecular weight is 607 g/mol. The average Bonchev–Trinajstić information content (AvgIpc) is 3.60. The summed E-state index contributed by atoms with van der Waals surface area (Å²) in [4.78, 5) is 51.2. The Morgan fingerprint density at radius 3 is 2.72 bits per heavy atom. The van der Waals surface area contributed by atoms with E-state index in [0.29, 0.717) is 21.9 Å². The molecule has 5 aromatic rings. The van der Waals surface area contributed by atoms with E-state index in [2.05, 4.69) is 20.6 Å². The summed E-state index contributed by atoms with van der Waals surface area (Å²) < 4.78 is 33.6. The number of nitrogens with one attached hydrogen (secondary N) is 3. The van der Waals surface area contributed by atoms with Gasteiger partial charge in [0.1, 0.15) is 21.8 Å². The van der Waals surface area contributed by atoms with Gasteiger partial charge in [-0.1, -0.05) is 6.07 Å². The first-order chi connectivity index (χ1) is 20.5. The third-order valence-corrected chi connectivity index (χ3v) is 7.26. The number of amides is 2.